The number of benzene rings is 1. The number of nitro groups is 1. The number of rotatable bonds is 8. The molecule has 0 saturated heterocycles. The Hall–Kier alpha value is -4.29. The highest BCUT2D eigenvalue weighted by atomic mass is 16.6. The van der Waals surface area contributed by atoms with Gasteiger partial charge in [0.1, 0.15) is 17.4 Å². The summed E-state index contributed by atoms with van der Waals surface area (Å²) in [6, 6.07) is 2.22. The van der Waals surface area contributed by atoms with Gasteiger partial charge in [0.15, 0.2) is 5.69 Å². The van der Waals surface area contributed by atoms with E-state index in [-0.39, 0.29) is 30.2 Å². The number of anilines is 2. The van der Waals surface area contributed by atoms with Crippen LogP contribution in [0, 0.1) is 10.1 Å². The third kappa shape index (κ3) is 3.84. The number of unbranched alkanes of at least 4 members (excludes halogenated alkanes) is 1. The van der Waals surface area contributed by atoms with Crippen LogP contribution in [0.2, 0.25) is 0 Å². The lowest BCUT2D eigenvalue weighted by atomic mass is 10.1. The van der Waals surface area contributed by atoms with Crippen LogP contribution in [0.3, 0.4) is 0 Å². The monoisotopic (exact) mass is 472 g/mol. The van der Waals surface area contributed by atoms with E-state index in [2.05, 4.69) is 4.98 Å². The summed E-state index contributed by atoms with van der Waals surface area (Å²) < 4.78 is 1.15. The summed E-state index contributed by atoms with van der Waals surface area (Å²) in [7, 11) is 0. The second-order valence-electron chi connectivity index (χ2n) is 7.69. The molecule has 13 nitrogen and oxygen atoms in total. The van der Waals surface area contributed by atoms with Crippen LogP contribution in [0.1, 0.15) is 54.3 Å². The van der Waals surface area contributed by atoms with Crippen LogP contribution in [-0.4, -0.2) is 49.7 Å². The number of nitrogens with two attached hydrogens (primary N) is 1. The molecular weight excluding hydrogens is 448 g/mol. The van der Waals surface area contributed by atoms with E-state index in [4.69, 9.17) is 5.73 Å². The third-order valence-electron chi connectivity index (χ3n) is 5.67. The summed E-state index contributed by atoms with van der Waals surface area (Å²) in [5.74, 6) is -2.89. The first-order valence-corrected chi connectivity index (χ1v) is 10.7. The Morgan fingerprint density at radius 2 is 1.88 bits per heavy atom. The lowest BCUT2D eigenvalue weighted by Crippen LogP contribution is -2.51. The maximum atomic E-state index is 13.4. The van der Waals surface area contributed by atoms with Crippen LogP contribution in [-0.2, 0) is 11.3 Å². The summed E-state index contributed by atoms with van der Waals surface area (Å²) in [6.45, 7) is 4.89. The van der Waals surface area contributed by atoms with Crippen molar-refractivity contribution < 1.29 is 19.3 Å². The Labute approximate surface area is 192 Å². The number of nitrogens with zero attached hydrogens (tertiary/aromatic N) is 4. The Morgan fingerprint density at radius 3 is 2.47 bits per heavy atom. The van der Waals surface area contributed by atoms with Gasteiger partial charge in [-0.25, -0.2) is 4.79 Å². The lowest BCUT2D eigenvalue weighted by molar-refractivity contribution is -0.385. The topological polar surface area (TPSA) is 182 Å². The van der Waals surface area contributed by atoms with Crippen LogP contribution in [0.15, 0.2) is 27.8 Å². The van der Waals surface area contributed by atoms with E-state index in [0.29, 0.717) is 11.3 Å². The molecule has 2 heterocycles. The number of hydrogen-bond donors (Lipinski definition) is 2. The van der Waals surface area contributed by atoms with Crippen molar-refractivity contribution in [1.82, 2.24) is 14.5 Å². The summed E-state index contributed by atoms with van der Waals surface area (Å²) in [4.78, 5) is 78.4. The van der Waals surface area contributed by atoms with Crippen LogP contribution in [0.5, 0.6) is 0 Å². The largest absolute Gasteiger partial charge is 0.383 e. The van der Waals surface area contributed by atoms with Gasteiger partial charge in [0.25, 0.3) is 23.1 Å². The zero-order valence-corrected chi connectivity index (χ0v) is 18.9. The highest BCUT2D eigenvalue weighted by molar-refractivity contribution is 6.25. The fourth-order valence-electron chi connectivity index (χ4n) is 3.93. The SMILES string of the molecule is CCCCn1c(N)c(N(CC)C(=O)[C@H](C)N2C(=O)c3cccc([N+](=O)[O-])c3C2=O)c(=O)[nH]c1=O. The first kappa shape index (κ1) is 24.4. The minimum absolute atomic E-state index is 0.0637. The molecule has 3 amide bonds. The average molecular weight is 472 g/mol. The Morgan fingerprint density at radius 1 is 1.21 bits per heavy atom. The lowest BCUT2D eigenvalue weighted by Gasteiger charge is -2.29. The number of H-pyrrole nitrogens is 1. The zero-order chi connectivity index (χ0) is 25.3. The van der Waals surface area contributed by atoms with Gasteiger partial charge in [-0.3, -0.25) is 43.7 Å². The maximum Gasteiger partial charge on any atom is 0.330 e. The van der Waals surface area contributed by atoms with Crippen molar-refractivity contribution in [3.63, 3.8) is 0 Å². The van der Waals surface area contributed by atoms with Crippen LogP contribution >= 0.6 is 0 Å². The first-order valence-electron chi connectivity index (χ1n) is 10.7. The van der Waals surface area contributed by atoms with Gasteiger partial charge in [-0.05, 0) is 26.3 Å². The number of nitro benzene ring substituents is 1. The van der Waals surface area contributed by atoms with Gasteiger partial charge in [-0.2, -0.15) is 0 Å². The van der Waals surface area contributed by atoms with Gasteiger partial charge in [0.2, 0.25) is 5.91 Å². The van der Waals surface area contributed by atoms with Crippen molar-refractivity contribution in [2.24, 2.45) is 0 Å². The molecule has 1 aromatic carbocycles. The van der Waals surface area contributed by atoms with Crippen LogP contribution in [0.25, 0.3) is 0 Å². The third-order valence-corrected chi connectivity index (χ3v) is 5.67. The normalized spacial score (nSPS) is 13.7. The molecule has 0 aliphatic carbocycles. The number of imide groups is 1. The van der Waals surface area contributed by atoms with E-state index in [1.54, 1.807) is 6.92 Å². The summed E-state index contributed by atoms with van der Waals surface area (Å²) in [5.41, 5.74) is 3.07. The number of carbonyl (C=O) groups excluding carboxylic acids is 3. The average Bonchev–Trinajstić information content (AvgIpc) is 3.05. The number of carbonyl (C=O) groups is 3. The van der Waals surface area contributed by atoms with Crippen molar-refractivity contribution >= 4 is 34.9 Å². The minimum Gasteiger partial charge on any atom is -0.383 e. The molecule has 1 aromatic heterocycles. The number of fused-ring (bicyclic) bond motifs is 1. The number of aromatic nitrogens is 2. The molecule has 3 rings (SSSR count). The van der Waals surface area contributed by atoms with E-state index in [1.165, 1.54) is 19.1 Å². The highest BCUT2D eigenvalue weighted by Gasteiger charge is 2.46. The van der Waals surface area contributed by atoms with Gasteiger partial charge < -0.3 is 10.6 Å². The molecule has 34 heavy (non-hydrogen) atoms. The number of aromatic amines is 1. The number of nitrogens with one attached hydrogen (secondary N) is 1. The quantitative estimate of drug-likeness (QED) is 0.322. The standard InChI is InChI=1S/C21H24N6O7/c1-4-6-10-25-16(22)15(17(28)23-21(25)32)24(5-2)18(29)11(3)26-19(30)12-8-7-9-13(27(33)34)14(12)20(26)31/h7-9,11H,4-6,10,22H2,1-3H3,(H,23,28,32)/t11-/m0/s1. The highest BCUT2D eigenvalue weighted by Crippen LogP contribution is 2.32. The number of likely N-dealkylation sites (N-methyl/N-ethyl adjacent to an activating group) is 1. The summed E-state index contributed by atoms with van der Waals surface area (Å²) in [5, 5.41) is 11.3. The predicted molar refractivity (Wildman–Crippen MR) is 122 cm³/mol. The van der Waals surface area contributed by atoms with Gasteiger partial charge in [-0.15, -0.1) is 0 Å². The molecular formula is C21H24N6O7. The molecule has 1 atom stereocenters. The smallest absolute Gasteiger partial charge is 0.330 e. The molecule has 0 spiro atoms. The second-order valence-corrected chi connectivity index (χ2v) is 7.69. The molecule has 3 N–H and O–H groups in total. The van der Waals surface area contributed by atoms with Gasteiger partial charge in [-0.1, -0.05) is 19.4 Å². The van der Waals surface area contributed by atoms with E-state index < -0.39 is 51.2 Å². The predicted octanol–water partition coefficient (Wildman–Crippen LogP) is 0.865. The maximum absolute atomic E-state index is 13.4. The summed E-state index contributed by atoms with van der Waals surface area (Å²) in [6.07, 6.45) is 1.35. The van der Waals surface area contributed by atoms with Gasteiger partial charge >= 0.3 is 5.69 Å². The van der Waals surface area contributed by atoms with E-state index >= 15 is 0 Å². The molecule has 0 radical (unpaired) electrons. The molecule has 0 saturated carbocycles. The molecule has 0 fully saturated rings. The molecule has 13 heteroatoms. The van der Waals surface area contributed by atoms with Crippen LogP contribution < -0.4 is 21.9 Å². The summed E-state index contributed by atoms with van der Waals surface area (Å²) >= 11 is 0. The van der Waals surface area contributed by atoms with Crippen molar-refractivity contribution in [2.45, 2.75) is 46.2 Å². The van der Waals surface area contributed by atoms with E-state index in [9.17, 15) is 34.1 Å². The number of nitrogen functional groups attached to an aromatic ring is 1. The minimum atomic E-state index is -1.42. The number of amides is 3. The van der Waals surface area contributed by atoms with Crippen molar-refractivity contribution in [1.29, 1.82) is 0 Å². The van der Waals surface area contributed by atoms with Crippen LogP contribution in [0.4, 0.5) is 17.2 Å². The van der Waals surface area contributed by atoms with Gasteiger partial charge in [0, 0.05) is 19.2 Å². The molecule has 0 unspecified atom stereocenters. The van der Waals surface area contributed by atoms with E-state index in [1.807, 2.05) is 6.92 Å². The molecule has 1 aliphatic rings. The molecule has 0 bridgehead atoms. The van der Waals surface area contributed by atoms with Gasteiger partial charge in [0.05, 0.1) is 10.5 Å². The van der Waals surface area contributed by atoms with Crippen molar-refractivity contribution in [2.75, 3.05) is 17.2 Å². The molecule has 180 valence electrons. The number of hydrogen-bond acceptors (Lipinski definition) is 8. The Bertz CT molecular complexity index is 1310. The molecule has 2 aromatic rings. The first-order chi connectivity index (χ1) is 16.1. The van der Waals surface area contributed by atoms with Crippen molar-refractivity contribution in [3.8, 4) is 0 Å². The van der Waals surface area contributed by atoms with Crippen molar-refractivity contribution in [3.05, 3.63) is 60.3 Å². The fraction of sp³-hybridized carbons (Fsp3) is 0.381. The van der Waals surface area contributed by atoms with E-state index in [0.717, 1.165) is 22.0 Å². The Kier molecular flexibility index (Phi) is 6.66. The Balaban J connectivity index is 2.03. The second kappa shape index (κ2) is 9.29. The fourth-order valence-corrected chi connectivity index (χ4v) is 3.93. The zero-order valence-electron chi connectivity index (χ0n) is 18.9. The molecule has 1 aliphatic heterocycles.